The summed E-state index contributed by atoms with van der Waals surface area (Å²) in [4.78, 5) is 0. The smallest absolute Gasteiger partial charge is 0.270 e. The molecule has 0 heterocycles. The van der Waals surface area contributed by atoms with Crippen molar-refractivity contribution in [3.8, 4) is 0 Å². The van der Waals surface area contributed by atoms with E-state index in [2.05, 4.69) is 6.92 Å². The molecule has 0 saturated heterocycles. The lowest BCUT2D eigenvalue weighted by molar-refractivity contribution is 0.149. The van der Waals surface area contributed by atoms with Crippen LogP contribution in [0.25, 0.3) is 0 Å². The molecular weight excluding hydrogens is 216 g/mol. The van der Waals surface area contributed by atoms with Crippen LogP contribution in [0, 0.1) is 0 Å². The molecule has 0 aromatic rings. The van der Waals surface area contributed by atoms with Crippen LogP contribution in [0.3, 0.4) is 0 Å². The van der Waals surface area contributed by atoms with Gasteiger partial charge in [-0.2, -0.15) is 8.42 Å². The van der Waals surface area contributed by atoms with Crippen molar-refractivity contribution in [1.29, 1.82) is 0 Å². The van der Waals surface area contributed by atoms with Crippen LogP contribution < -0.4 is 0 Å². The SMILES string of the molecule is CCCCCCC(O)C(CC)S(=O)(=O)O. The molecule has 0 bridgehead atoms. The zero-order valence-corrected chi connectivity index (χ0v) is 10.3. The first-order valence-corrected chi connectivity index (χ1v) is 7.08. The summed E-state index contributed by atoms with van der Waals surface area (Å²) in [5, 5.41) is 8.58. The van der Waals surface area contributed by atoms with Gasteiger partial charge < -0.3 is 5.11 Å². The second-order valence-corrected chi connectivity index (χ2v) is 5.51. The normalized spacial score (nSPS) is 16.3. The molecular formula is C10H22O4S. The first-order valence-electron chi connectivity index (χ1n) is 5.57. The molecule has 2 unspecified atom stereocenters. The molecule has 4 nitrogen and oxygen atoms in total. The van der Waals surface area contributed by atoms with Gasteiger partial charge in [0.1, 0.15) is 5.25 Å². The Kier molecular flexibility index (Phi) is 7.13. The van der Waals surface area contributed by atoms with E-state index in [1.807, 2.05) is 0 Å². The lowest BCUT2D eigenvalue weighted by atomic mass is 10.1. The fourth-order valence-electron chi connectivity index (χ4n) is 1.65. The van der Waals surface area contributed by atoms with Crippen LogP contribution in [0.5, 0.6) is 0 Å². The van der Waals surface area contributed by atoms with Crippen LogP contribution in [0.1, 0.15) is 52.4 Å². The highest BCUT2D eigenvalue weighted by atomic mass is 32.2. The fraction of sp³-hybridized carbons (Fsp3) is 1.00. The topological polar surface area (TPSA) is 74.6 Å². The zero-order chi connectivity index (χ0) is 11.9. The van der Waals surface area contributed by atoms with E-state index in [0.717, 1.165) is 25.7 Å². The lowest BCUT2D eigenvalue weighted by Gasteiger charge is -2.18. The Morgan fingerprint density at radius 3 is 2.13 bits per heavy atom. The van der Waals surface area contributed by atoms with Gasteiger partial charge in [0.05, 0.1) is 6.10 Å². The molecule has 0 aromatic heterocycles. The van der Waals surface area contributed by atoms with Crippen LogP contribution >= 0.6 is 0 Å². The maximum atomic E-state index is 10.9. The predicted molar refractivity (Wildman–Crippen MR) is 60.4 cm³/mol. The van der Waals surface area contributed by atoms with Gasteiger partial charge in [-0.25, -0.2) is 0 Å². The molecule has 0 spiro atoms. The summed E-state index contributed by atoms with van der Waals surface area (Å²) >= 11 is 0. The van der Waals surface area contributed by atoms with Gasteiger partial charge in [-0.05, 0) is 12.8 Å². The highest BCUT2D eigenvalue weighted by Gasteiger charge is 2.28. The van der Waals surface area contributed by atoms with E-state index in [9.17, 15) is 13.5 Å². The zero-order valence-electron chi connectivity index (χ0n) is 9.52. The van der Waals surface area contributed by atoms with Gasteiger partial charge in [0.25, 0.3) is 10.1 Å². The first kappa shape index (κ1) is 14.9. The summed E-state index contributed by atoms with van der Waals surface area (Å²) in [5.41, 5.74) is 0. The Bertz CT molecular complexity index is 248. The Morgan fingerprint density at radius 2 is 1.73 bits per heavy atom. The van der Waals surface area contributed by atoms with Crippen molar-refractivity contribution in [3.63, 3.8) is 0 Å². The molecule has 15 heavy (non-hydrogen) atoms. The lowest BCUT2D eigenvalue weighted by Crippen LogP contribution is -2.33. The average Bonchev–Trinajstić information content (AvgIpc) is 2.11. The van der Waals surface area contributed by atoms with Crippen LogP contribution in [0.4, 0.5) is 0 Å². The Balaban J connectivity index is 4.01. The van der Waals surface area contributed by atoms with Crippen LogP contribution in [-0.4, -0.2) is 29.4 Å². The van der Waals surface area contributed by atoms with Crippen LogP contribution in [0.2, 0.25) is 0 Å². The van der Waals surface area contributed by atoms with Gasteiger partial charge in [-0.1, -0.05) is 39.5 Å². The first-order chi connectivity index (χ1) is 6.93. The van der Waals surface area contributed by atoms with Crippen molar-refractivity contribution in [2.75, 3.05) is 0 Å². The average molecular weight is 238 g/mol. The molecule has 0 rings (SSSR count). The van der Waals surface area contributed by atoms with Crippen molar-refractivity contribution in [2.24, 2.45) is 0 Å². The molecule has 2 N–H and O–H groups in total. The third-order valence-electron chi connectivity index (χ3n) is 2.57. The van der Waals surface area contributed by atoms with Gasteiger partial charge in [0.15, 0.2) is 0 Å². The molecule has 0 saturated carbocycles. The van der Waals surface area contributed by atoms with Gasteiger partial charge in [0, 0.05) is 0 Å². The summed E-state index contributed by atoms with van der Waals surface area (Å²) in [7, 11) is -4.11. The van der Waals surface area contributed by atoms with E-state index in [4.69, 9.17) is 4.55 Å². The molecule has 92 valence electrons. The number of aliphatic hydroxyl groups excluding tert-OH is 1. The Morgan fingerprint density at radius 1 is 1.13 bits per heavy atom. The van der Waals surface area contributed by atoms with E-state index in [-0.39, 0.29) is 6.42 Å². The van der Waals surface area contributed by atoms with E-state index in [1.165, 1.54) is 0 Å². The molecule has 0 fully saturated rings. The third-order valence-corrected chi connectivity index (χ3v) is 3.98. The van der Waals surface area contributed by atoms with Crippen molar-refractivity contribution in [1.82, 2.24) is 0 Å². The van der Waals surface area contributed by atoms with E-state index in [0.29, 0.717) is 6.42 Å². The number of hydrogen-bond donors (Lipinski definition) is 2. The highest BCUT2D eigenvalue weighted by molar-refractivity contribution is 7.86. The predicted octanol–water partition coefficient (Wildman–Crippen LogP) is 1.98. The molecule has 2 atom stereocenters. The minimum absolute atomic E-state index is 0.244. The van der Waals surface area contributed by atoms with E-state index in [1.54, 1.807) is 6.92 Å². The third kappa shape index (κ3) is 6.12. The molecule has 0 amide bonds. The standard InChI is InChI=1S/C10H22O4S/c1-3-5-6-7-8-9(11)10(4-2)15(12,13)14/h9-11H,3-8H2,1-2H3,(H,12,13,14). The number of aliphatic hydroxyl groups is 1. The van der Waals surface area contributed by atoms with Gasteiger partial charge in [-0.15, -0.1) is 0 Å². The molecule has 0 aliphatic carbocycles. The maximum absolute atomic E-state index is 10.9. The highest BCUT2D eigenvalue weighted by Crippen LogP contribution is 2.15. The molecule has 5 heteroatoms. The number of hydrogen-bond acceptors (Lipinski definition) is 3. The Hall–Kier alpha value is -0.130. The second kappa shape index (κ2) is 7.19. The minimum atomic E-state index is -4.11. The summed E-state index contributed by atoms with van der Waals surface area (Å²) in [6.07, 6.45) is 3.74. The van der Waals surface area contributed by atoms with E-state index >= 15 is 0 Å². The van der Waals surface area contributed by atoms with Gasteiger partial charge in [-0.3, -0.25) is 4.55 Å². The second-order valence-electron chi connectivity index (χ2n) is 3.88. The summed E-state index contributed by atoms with van der Waals surface area (Å²) < 4.78 is 30.6. The summed E-state index contributed by atoms with van der Waals surface area (Å²) in [6, 6.07) is 0. The van der Waals surface area contributed by atoms with Crippen molar-refractivity contribution in [3.05, 3.63) is 0 Å². The van der Waals surface area contributed by atoms with Gasteiger partial charge in [0.2, 0.25) is 0 Å². The van der Waals surface area contributed by atoms with Crippen molar-refractivity contribution >= 4 is 10.1 Å². The minimum Gasteiger partial charge on any atom is -0.392 e. The monoisotopic (exact) mass is 238 g/mol. The summed E-state index contributed by atoms with van der Waals surface area (Å²) in [5.74, 6) is 0. The van der Waals surface area contributed by atoms with Crippen molar-refractivity contribution in [2.45, 2.75) is 63.7 Å². The fourth-order valence-corrected chi connectivity index (χ4v) is 2.60. The molecule has 0 aliphatic rings. The number of rotatable bonds is 8. The van der Waals surface area contributed by atoms with Crippen molar-refractivity contribution < 1.29 is 18.1 Å². The van der Waals surface area contributed by atoms with Crippen LogP contribution in [0.15, 0.2) is 0 Å². The number of unbranched alkanes of at least 4 members (excludes halogenated alkanes) is 3. The quantitative estimate of drug-likeness (QED) is 0.501. The molecule has 0 aliphatic heterocycles. The summed E-state index contributed by atoms with van der Waals surface area (Å²) in [6.45, 7) is 3.73. The van der Waals surface area contributed by atoms with Crippen LogP contribution in [-0.2, 0) is 10.1 Å². The molecule has 0 aromatic carbocycles. The van der Waals surface area contributed by atoms with Gasteiger partial charge >= 0.3 is 0 Å². The maximum Gasteiger partial charge on any atom is 0.270 e. The van der Waals surface area contributed by atoms with E-state index < -0.39 is 21.5 Å². The Labute approximate surface area is 92.4 Å². The molecule has 0 radical (unpaired) electrons. The largest absolute Gasteiger partial charge is 0.392 e.